The SMILES string of the molecule is CCCC(CO)C1CC(Cc2ccnc(N)c2)CC2C#CC(c3ccccc3)c3c(cc(OC)c(O)c3CCc3ccccc3)CCC(=O)CC(=O)C2C1. The van der Waals surface area contributed by atoms with Crippen LogP contribution < -0.4 is 10.5 Å². The molecule has 6 rings (SSSR count). The van der Waals surface area contributed by atoms with Crippen LogP contribution in [0.1, 0.15) is 91.2 Å². The zero-order valence-electron chi connectivity index (χ0n) is 31.7. The second-order valence-corrected chi connectivity index (χ2v) is 15.3. The van der Waals surface area contributed by atoms with E-state index in [2.05, 4.69) is 48.0 Å². The number of benzene rings is 3. The van der Waals surface area contributed by atoms with Crippen molar-refractivity contribution < 1.29 is 24.5 Å². The van der Waals surface area contributed by atoms with Gasteiger partial charge in [0.1, 0.15) is 17.4 Å². The maximum absolute atomic E-state index is 14.3. The summed E-state index contributed by atoms with van der Waals surface area (Å²) < 4.78 is 5.72. The predicted octanol–water partition coefficient (Wildman–Crippen LogP) is 8.07. The summed E-state index contributed by atoms with van der Waals surface area (Å²) in [7, 11) is 1.55. The minimum Gasteiger partial charge on any atom is -0.504 e. The van der Waals surface area contributed by atoms with Gasteiger partial charge in [-0.05, 0) is 115 Å². The minimum absolute atomic E-state index is 0.0461. The summed E-state index contributed by atoms with van der Waals surface area (Å²) in [5.74, 6) is 7.45. The molecule has 1 saturated carbocycles. The molecule has 4 N–H and O–H groups in total. The Morgan fingerprint density at radius 3 is 2.39 bits per heavy atom. The Labute approximate surface area is 320 Å². The van der Waals surface area contributed by atoms with Crippen LogP contribution in [0.5, 0.6) is 11.5 Å². The Balaban J connectivity index is 1.51. The number of nitrogen functional groups attached to an aromatic ring is 1. The highest BCUT2D eigenvalue weighted by molar-refractivity contribution is 6.00. The normalized spacial score (nSPS) is 22.3. The molecule has 1 fully saturated rings. The molecule has 2 aliphatic carbocycles. The van der Waals surface area contributed by atoms with Crippen LogP contribution in [-0.2, 0) is 35.3 Å². The van der Waals surface area contributed by atoms with Crippen LogP contribution >= 0.6 is 0 Å². The number of aryl methyl sites for hydroxylation is 2. The zero-order valence-corrected chi connectivity index (χ0v) is 31.7. The van der Waals surface area contributed by atoms with Gasteiger partial charge in [-0.25, -0.2) is 4.98 Å². The molecule has 2 aliphatic rings. The quantitative estimate of drug-likeness (QED) is 0.106. The van der Waals surface area contributed by atoms with Gasteiger partial charge in [0, 0.05) is 36.6 Å². The molecule has 4 aromatic rings. The fourth-order valence-corrected chi connectivity index (χ4v) is 9.01. The first-order valence-electron chi connectivity index (χ1n) is 19.6. The highest BCUT2D eigenvalue weighted by atomic mass is 16.5. The number of phenols is 1. The highest BCUT2D eigenvalue weighted by Gasteiger charge is 2.39. The molecule has 282 valence electrons. The highest BCUT2D eigenvalue weighted by Crippen LogP contribution is 2.44. The van der Waals surface area contributed by atoms with E-state index < -0.39 is 11.8 Å². The van der Waals surface area contributed by atoms with E-state index in [4.69, 9.17) is 10.5 Å². The summed E-state index contributed by atoms with van der Waals surface area (Å²) in [4.78, 5) is 32.3. The molecule has 0 saturated heterocycles. The summed E-state index contributed by atoms with van der Waals surface area (Å²) in [5, 5.41) is 22.4. The molecule has 6 atom stereocenters. The van der Waals surface area contributed by atoms with Crippen LogP contribution in [0.25, 0.3) is 0 Å². The number of aromatic hydroxyl groups is 1. The molecule has 54 heavy (non-hydrogen) atoms. The van der Waals surface area contributed by atoms with E-state index >= 15 is 0 Å². The maximum atomic E-state index is 14.3. The fourth-order valence-electron chi connectivity index (χ4n) is 9.01. The van der Waals surface area contributed by atoms with Crippen molar-refractivity contribution in [2.75, 3.05) is 19.5 Å². The molecule has 0 bridgehead atoms. The van der Waals surface area contributed by atoms with E-state index in [1.54, 1.807) is 13.3 Å². The third kappa shape index (κ3) is 9.40. The van der Waals surface area contributed by atoms with E-state index in [-0.39, 0.29) is 60.4 Å². The molecule has 0 aliphatic heterocycles. The molecule has 0 radical (unpaired) electrons. The number of ether oxygens (including phenoxy) is 1. The van der Waals surface area contributed by atoms with Crippen LogP contribution in [0.3, 0.4) is 0 Å². The smallest absolute Gasteiger partial charge is 0.161 e. The Bertz CT molecular complexity index is 1950. The number of carbonyl (C=O) groups excluding carboxylic acids is 2. The number of phenolic OH excluding ortho intramolecular Hbond substituents is 1. The van der Waals surface area contributed by atoms with E-state index in [9.17, 15) is 19.8 Å². The number of hydrogen-bond acceptors (Lipinski definition) is 7. The number of Topliss-reactive ketones (excluding diaryl/α,β-unsaturated/α-hetero) is 2. The standard InChI is InChI=1S/C47H54N2O5/c1-3-10-37(30-50)38-25-33(23-32-21-22-49-45(48)26-32)24-35-17-20-40(34-13-8-5-9-14-34)46-36(16-18-39(51)29-43(52)42(35)27-38)28-44(54-2)47(53)41(46)19-15-31-11-6-4-7-12-31/h4-9,11-14,21-22,26,28,33,35,37-38,40,42,50,53H,3,10,15-16,18-19,23-25,27,29-30H2,1-2H3,(H2,48,49). The van der Waals surface area contributed by atoms with Gasteiger partial charge in [-0.3, -0.25) is 9.59 Å². The van der Waals surface area contributed by atoms with Gasteiger partial charge in [-0.1, -0.05) is 85.8 Å². The third-order valence-corrected chi connectivity index (χ3v) is 11.7. The molecule has 1 heterocycles. The maximum Gasteiger partial charge on any atom is 0.161 e. The molecule has 6 unspecified atom stereocenters. The van der Waals surface area contributed by atoms with Gasteiger partial charge in [0.05, 0.1) is 19.4 Å². The Morgan fingerprint density at radius 1 is 0.926 bits per heavy atom. The molecule has 7 nitrogen and oxygen atoms in total. The molecular formula is C47H54N2O5. The number of ketones is 2. The van der Waals surface area contributed by atoms with Gasteiger partial charge in [-0.2, -0.15) is 0 Å². The van der Waals surface area contributed by atoms with Crippen LogP contribution in [-0.4, -0.2) is 40.5 Å². The van der Waals surface area contributed by atoms with Gasteiger partial charge in [-0.15, -0.1) is 0 Å². The third-order valence-electron chi connectivity index (χ3n) is 11.7. The predicted molar refractivity (Wildman–Crippen MR) is 213 cm³/mol. The number of pyridine rings is 1. The first-order chi connectivity index (χ1) is 26.3. The summed E-state index contributed by atoms with van der Waals surface area (Å²) >= 11 is 0. The number of fused-ring (bicyclic) bond motifs is 2. The number of methoxy groups -OCH3 is 1. The number of hydrogen-bond donors (Lipinski definition) is 3. The number of carbonyl (C=O) groups is 2. The van der Waals surface area contributed by atoms with Crippen molar-refractivity contribution in [3.8, 4) is 23.3 Å². The Hall–Kier alpha value is -4.93. The van der Waals surface area contributed by atoms with Crippen molar-refractivity contribution in [2.45, 2.75) is 83.5 Å². The van der Waals surface area contributed by atoms with Crippen molar-refractivity contribution >= 4 is 17.4 Å². The molecule has 0 spiro atoms. The van der Waals surface area contributed by atoms with E-state index in [1.165, 1.54) is 0 Å². The summed E-state index contributed by atoms with van der Waals surface area (Å²) in [6, 6.07) is 26.1. The lowest BCUT2D eigenvalue weighted by atomic mass is 9.75. The van der Waals surface area contributed by atoms with Crippen LogP contribution in [0, 0.1) is 41.4 Å². The average molecular weight is 727 g/mol. The second-order valence-electron chi connectivity index (χ2n) is 15.3. The summed E-state index contributed by atoms with van der Waals surface area (Å²) in [6.07, 6.45) is 8.16. The number of aliphatic hydroxyl groups excluding tert-OH is 1. The molecule has 1 aromatic heterocycles. The number of anilines is 1. The Morgan fingerprint density at radius 2 is 1.69 bits per heavy atom. The van der Waals surface area contributed by atoms with Gasteiger partial charge in [0.25, 0.3) is 0 Å². The van der Waals surface area contributed by atoms with Crippen molar-refractivity contribution in [2.24, 2.45) is 29.6 Å². The average Bonchev–Trinajstić information content (AvgIpc) is 3.36. The first-order valence-corrected chi connectivity index (χ1v) is 19.6. The molecule has 7 heteroatoms. The lowest BCUT2D eigenvalue weighted by Crippen LogP contribution is -2.29. The number of aliphatic hydroxyl groups is 1. The molecule has 3 aromatic carbocycles. The van der Waals surface area contributed by atoms with Crippen molar-refractivity contribution in [3.63, 3.8) is 0 Å². The number of nitrogens with two attached hydrogens (primary N) is 1. The van der Waals surface area contributed by atoms with Crippen molar-refractivity contribution in [1.82, 2.24) is 4.98 Å². The van der Waals surface area contributed by atoms with Gasteiger partial charge in [0.15, 0.2) is 11.5 Å². The lowest BCUT2D eigenvalue weighted by Gasteiger charge is -2.29. The van der Waals surface area contributed by atoms with Gasteiger partial charge >= 0.3 is 0 Å². The van der Waals surface area contributed by atoms with Crippen LogP contribution in [0.2, 0.25) is 0 Å². The summed E-state index contributed by atoms with van der Waals surface area (Å²) in [6.45, 7) is 2.20. The van der Waals surface area contributed by atoms with E-state index in [1.807, 2.05) is 54.6 Å². The van der Waals surface area contributed by atoms with Crippen molar-refractivity contribution in [1.29, 1.82) is 0 Å². The lowest BCUT2D eigenvalue weighted by molar-refractivity contribution is -0.130. The topological polar surface area (TPSA) is 123 Å². The van der Waals surface area contributed by atoms with Gasteiger partial charge < -0.3 is 20.7 Å². The Kier molecular flexibility index (Phi) is 13.2. The first kappa shape index (κ1) is 38.8. The molecule has 0 amide bonds. The largest absolute Gasteiger partial charge is 0.504 e. The molecular weight excluding hydrogens is 673 g/mol. The second kappa shape index (κ2) is 18.4. The fraction of sp³-hybridized carbons (Fsp3) is 0.426. The van der Waals surface area contributed by atoms with E-state index in [0.29, 0.717) is 43.7 Å². The summed E-state index contributed by atoms with van der Waals surface area (Å²) in [5.41, 5.74) is 11.9. The van der Waals surface area contributed by atoms with Crippen LogP contribution in [0.4, 0.5) is 5.82 Å². The van der Waals surface area contributed by atoms with Crippen LogP contribution in [0.15, 0.2) is 85.1 Å². The minimum atomic E-state index is -0.429. The van der Waals surface area contributed by atoms with Gasteiger partial charge in [0.2, 0.25) is 0 Å². The van der Waals surface area contributed by atoms with E-state index in [0.717, 1.165) is 59.1 Å². The number of nitrogens with zero attached hydrogens (tertiary/aromatic N) is 1. The van der Waals surface area contributed by atoms with Crippen molar-refractivity contribution in [3.05, 3.63) is 118 Å². The zero-order chi connectivity index (χ0) is 38.0. The monoisotopic (exact) mass is 726 g/mol. The number of rotatable bonds is 11. The number of aromatic nitrogens is 1.